The Morgan fingerprint density at radius 3 is 2.78 bits per heavy atom. The van der Waals surface area contributed by atoms with Crippen LogP contribution in [0.25, 0.3) is 0 Å². The largest absolute Gasteiger partial charge is 0.310 e. The van der Waals surface area contributed by atoms with Gasteiger partial charge in [0.05, 0.1) is 0 Å². The first-order valence-electron chi connectivity index (χ1n) is 8.29. The normalized spacial score (nSPS) is 42.5. The van der Waals surface area contributed by atoms with Crippen molar-refractivity contribution >= 4 is 0 Å². The first kappa shape index (κ1) is 12.9. The third-order valence-corrected chi connectivity index (χ3v) is 5.53. The summed E-state index contributed by atoms with van der Waals surface area (Å²) in [4.78, 5) is 2.73. The molecule has 3 aliphatic rings. The molecule has 0 amide bonds. The average molecular weight is 250 g/mol. The van der Waals surface area contributed by atoms with Crippen molar-refractivity contribution in [2.75, 3.05) is 19.6 Å². The predicted octanol–water partition coefficient (Wildman–Crippen LogP) is 3.03. The molecule has 3 rings (SSSR count). The SMILES string of the molecule is CC1CCCN(CC2CC3CCCCC3N2)CC1. The second-order valence-electron chi connectivity index (χ2n) is 7.09. The van der Waals surface area contributed by atoms with Gasteiger partial charge in [-0.15, -0.1) is 0 Å². The van der Waals surface area contributed by atoms with Gasteiger partial charge in [0.1, 0.15) is 0 Å². The molecule has 0 spiro atoms. The van der Waals surface area contributed by atoms with Gasteiger partial charge in [-0.05, 0) is 63.5 Å². The quantitative estimate of drug-likeness (QED) is 0.810. The maximum atomic E-state index is 3.93. The minimum absolute atomic E-state index is 0.798. The van der Waals surface area contributed by atoms with Crippen LogP contribution in [0, 0.1) is 11.8 Å². The molecule has 2 nitrogen and oxygen atoms in total. The van der Waals surface area contributed by atoms with Crippen molar-refractivity contribution in [3.8, 4) is 0 Å². The summed E-state index contributed by atoms with van der Waals surface area (Å²) in [5.41, 5.74) is 0. The summed E-state index contributed by atoms with van der Waals surface area (Å²) in [5, 5.41) is 3.93. The maximum Gasteiger partial charge on any atom is 0.0200 e. The van der Waals surface area contributed by atoms with Crippen LogP contribution in [0.15, 0.2) is 0 Å². The molecule has 3 fully saturated rings. The molecule has 4 atom stereocenters. The Kier molecular flexibility index (Phi) is 4.25. The number of nitrogens with zero attached hydrogens (tertiary/aromatic N) is 1. The van der Waals surface area contributed by atoms with Gasteiger partial charge >= 0.3 is 0 Å². The summed E-state index contributed by atoms with van der Waals surface area (Å²) in [6.07, 6.45) is 11.6. The highest BCUT2D eigenvalue weighted by Gasteiger charge is 2.35. The summed E-state index contributed by atoms with van der Waals surface area (Å²) < 4.78 is 0. The van der Waals surface area contributed by atoms with E-state index in [1.54, 1.807) is 0 Å². The first-order valence-corrected chi connectivity index (χ1v) is 8.29. The fourth-order valence-electron chi connectivity index (χ4n) is 4.39. The van der Waals surface area contributed by atoms with E-state index in [9.17, 15) is 0 Å². The lowest BCUT2D eigenvalue weighted by atomic mass is 9.85. The summed E-state index contributed by atoms with van der Waals surface area (Å²) in [6, 6.07) is 1.67. The molecule has 1 N–H and O–H groups in total. The smallest absolute Gasteiger partial charge is 0.0200 e. The van der Waals surface area contributed by atoms with Gasteiger partial charge in [0.25, 0.3) is 0 Å². The zero-order valence-corrected chi connectivity index (χ0v) is 12.0. The van der Waals surface area contributed by atoms with Crippen molar-refractivity contribution in [1.29, 1.82) is 0 Å². The summed E-state index contributed by atoms with van der Waals surface area (Å²) in [5.74, 6) is 1.96. The maximum absolute atomic E-state index is 3.93. The van der Waals surface area contributed by atoms with Crippen LogP contribution in [0.5, 0.6) is 0 Å². The number of likely N-dealkylation sites (tertiary alicyclic amines) is 1. The molecular formula is C16H30N2. The van der Waals surface area contributed by atoms with E-state index >= 15 is 0 Å². The van der Waals surface area contributed by atoms with E-state index in [-0.39, 0.29) is 0 Å². The van der Waals surface area contributed by atoms with Crippen LogP contribution < -0.4 is 5.32 Å². The Hall–Kier alpha value is -0.0800. The third kappa shape index (κ3) is 3.08. The molecule has 0 aromatic rings. The highest BCUT2D eigenvalue weighted by Crippen LogP contribution is 2.33. The molecule has 1 saturated carbocycles. The van der Waals surface area contributed by atoms with Gasteiger partial charge in [-0.1, -0.05) is 19.8 Å². The van der Waals surface area contributed by atoms with Crippen molar-refractivity contribution in [1.82, 2.24) is 10.2 Å². The van der Waals surface area contributed by atoms with E-state index in [1.807, 2.05) is 0 Å². The number of fused-ring (bicyclic) bond motifs is 1. The summed E-state index contributed by atoms with van der Waals surface area (Å²) in [6.45, 7) is 6.43. The number of hydrogen-bond acceptors (Lipinski definition) is 2. The Bertz CT molecular complexity index is 252. The van der Waals surface area contributed by atoms with Crippen LogP contribution in [-0.4, -0.2) is 36.6 Å². The third-order valence-electron chi connectivity index (χ3n) is 5.53. The minimum atomic E-state index is 0.798. The average Bonchev–Trinajstić information content (AvgIpc) is 2.66. The fourth-order valence-corrected chi connectivity index (χ4v) is 4.39. The zero-order chi connectivity index (χ0) is 12.4. The highest BCUT2D eigenvalue weighted by atomic mass is 15.2. The van der Waals surface area contributed by atoms with E-state index in [0.29, 0.717) is 0 Å². The van der Waals surface area contributed by atoms with Crippen LogP contribution in [0.3, 0.4) is 0 Å². The monoisotopic (exact) mass is 250 g/mol. The molecule has 18 heavy (non-hydrogen) atoms. The van der Waals surface area contributed by atoms with Gasteiger partial charge in [-0.25, -0.2) is 0 Å². The summed E-state index contributed by atoms with van der Waals surface area (Å²) >= 11 is 0. The van der Waals surface area contributed by atoms with Gasteiger partial charge in [0.2, 0.25) is 0 Å². The standard InChI is InChI=1S/C16H30N2/c1-13-5-4-9-18(10-8-13)12-15-11-14-6-2-3-7-16(14)17-15/h13-17H,2-12H2,1H3. The molecular weight excluding hydrogens is 220 g/mol. The molecule has 1 aliphatic carbocycles. The molecule has 0 bridgehead atoms. The van der Waals surface area contributed by atoms with E-state index in [2.05, 4.69) is 17.1 Å². The molecule has 2 aliphatic heterocycles. The Labute approximate surface area is 113 Å². The summed E-state index contributed by atoms with van der Waals surface area (Å²) in [7, 11) is 0. The zero-order valence-electron chi connectivity index (χ0n) is 12.0. The van der Waals surface area contributed by atoms with Gasteiger partial charge in [-0.3, -0.25) is 0 Å². The minimum Gasteiger partial charge on any atom is -0.310 e. The fraction of sp³-hybridized carbons (Fsp3) is 1.00. The van der Waals surface area contributed by atoms with Gasteiger partial charge in [-0.2, -0.15) is 0 Å². The van der Waals surface area contributed by atoms with Crippen LogP contribution >= 0.6 is 0 Å². The number of hydrogen-bond donors (Lipinski definition) is 1. The van der Waals surface area contributed by atoms with Gasteiger partial charge in [0.15, 0.2) is 0 Å². The van der Waals surface area contributed by atoms with Crippen molar-refractivity contribution in [3.63, 3.8) is 0 Å². The molecule has 0 aromatic carbocycles. The first-order chi connectivity index (χ1) is 8.81. The molecule has 2 heterocycles. The molecule has 0 aromatic heterocycles. The number of rotatable bonds is 2. The lowest BCUT2D eigenvalue weighted by Crippen LogP contribution is -2.40. The van der Waals surface area contributed by atoms with Crippen LogP contribution in [-0.2, 0) is 0 Å². The molecule has 0 radical (unpaired) electrons. The Morgan fingerprint density at radius 2 is 1.89 bits per heavy atom. The van der Waals surface area contributed by atoms with Gasteiger partial charge < -0.3 is 10.2 Å². The van der Waals surface area contributed by atoms with Crippen LogP contribution in [0.2, 0.25) is 0 Å². The predicted molar refractivity (Wildman–Crippen MR) is 76.7 cm³/mol. The van der Waals surface area contributed by atoms with Crippen molar-refractivity contribution in [3.05, 3.63) is 0 Å². The van der Waals surface area contributed by atoms with E-state index in [4.69, 9.17) is 0 Å². The molecule has 4 unspecified atom stereocenters. The van der Waals surface area contributed by atoms with E-state index in [0.717, 1.165) is 23.9 Å². The van der Waals surface area contributed by atoms with E-state index < -0.39 is 0 Å². The second kappa shape index (κ2) is 5.92. The van der Waals surface area contributed by atoms with Crippen molar-refractivity contribution < 1.29 is 0 Å². The lowest BCUT2D eigenvalue weighted by Gasteiger charge is -2.25. The van der Waals surface area contributed by atoms with Crippen molar-refractivity contribution in [2.45, 2.75) is 70.4 Å². The van der Waals surface area contributed by atoms with E-state index in [1.165, 1.54) is 71.0 Å². The van der Waals surface area contributed by atoms with Crippen LogP contribution in [0.4, 0.5) is 0 Å². The Morgan fingerprint density at radius 1 is 1.00 bits per heavy atom. The molecule has 2 heteroatoms. The number of nitrogens with one attached hydrogen (secondary N) is 1. The molecule has 104 valence electrons. The van der Waals surface area contributed by atoms with Crippen LogP contribution in [0.1, 0.15) is 58.3 Å². The van der Waals surface area contributed by atoms with Crippen molar-refractivity contribution in [2.24, 2.45) is 11.8 Å². The Balaban J connectivity index is 1.48. The molecule has 2 saturated heterocycles. The lowest BCUT2D eigenvalue weighted by molar-refractivity contribution is 0.253. The highest BCUT2D eigenvalue weighted by molar-refractivity contribution is 4.94. The second-order valence-corrected chi connectivity index (χ2v) is 7.09. The topological polar surface area (TPSA) is 15.3 Å². The van der Waals surface area contributed by atoms with Gasteiger partial charge in [0, 0.05) is 18.6 Å².